The fourth-order valence-corrected chi connectivity index (χ4v) is 3.95. The summed E-state index contributed by atoms with van der Waals surface area (Å²) in [6.07, 6.45) is 2.28. The van der Waals surface area contributed by atoms with E-state index in [9.17, 15) is 13.2 Å². The molecule has 1 aliphatic heterocycles. The molecule has 2 aromatic rings. The molecule has 0 aliphatic carbocycles. The van der Waals surface area contributed by atoms with Crippen LogP contribution in [0.15, 0.2) is 42.5 Å². The number of nitrogens with one attached hydrogen (secondary N) is 6. The largest absolute Gasteiger partial charge is 0.321 e. The lowest BCUT2D eigenvalue weighted by atomic mass is 10.1. The Morgan fingerprint density at radius 2 is 1.87 bits per heavy atom. The van der Waals surface area contributed by atoms with Gasteiger partial charge in [-0.1, -0.05) is 30.3 Å². The van der Waals surface area contributed by atoms with Crippen molar-refractivity contribution < 1.29 is 13.2 Å². The lowest BCUT2D eigenvalue weighted by Gasteiger charge is -2.36. The Morgan fingerprint density at radius 3 is 2.63 bits per heavy atom. The van der Waals surface area contributed by atoms with Crippen molar-refractivity contribution in [3.05, 3.63) is 42.5 Å². The third-order valence-electron chi connectivity index (χ3n) is 4.80. The maximum Gasteiger partial charge on any atom is 0.321 e. The molecular weight excluding hydrogens is 404 g/mol. The van der Waals surface area contributed by atoms with E-state index in [0.717, 1.165) is 29.1 Å². The highest BCUT2D eigenvalue weighted by atomic mass is 32.2. The summed E-state index contributed by atoms with van der Waals surface area (Å²) >= 11 is 0. The van der Waals surface area contributed by atoms with E-state index >= 15 is 0 Å². The molecule has 3 rings (SSSR count). The number of amides is 2. The van der Waals surface area contributed by atoms with Crippen LogP contribution in [-0.2, 0) is 10.0 Å². The summed E-state index contributed by atoms with van der Waals surface area (Å²) in [5.41, 5.74) is 0.725. The van der Waals surface area contributed by atoms with E-state index in [1.807, 2.05) is 42.5 Å². The number of benzene rings is 2. The molecule has 2 amide bonds. The molecule has 0 saturated carbocycles. The van der Waals surface area contributed by atoms with Crippen molar-refractivity contribution in [2.24, 2.45) is 0 Å². The Hall–Kier alpha value is -2.24. The van der Waals surface area contributed by atoms with Crippen LogP contribution in [0.25, 0.3) is 10.8 Å². The fourth-order valence-electron chi connectivity index (χ4n) is 3.44. The molecule has 1 heterocycles. The molecule has 3 unspecified atom stereocenters. The third kappa shape index (κ3) is 7.22. The average molecular weight is 435 g/mol. The van der Waals surface area contributed by atoms with E-state index in [1.165, 1.54) is 0 Å². The van der Waals surface area contributed by atoms with E-state index < -0.39 is 10.0 Å². The maximum atomic E-state index is 12.4. The summed E-state index contributed by atoms with van der Waals surface area (Å²) in [6.45, 7) is 3.10. The lowest BCUT2D eigenvalue weighted by Crippen LogP contribution is -2.67. The zero-order valence-corrected chi connectivity index (χ0v) is 18.1. The van der Waals surface area contributed by atoms with Crippen molar-refractivity contribution in [1.82, 2.24) is 26.0 Å². The van der Waals surface area contributed by atoms with Crippen molar-refractivity contribution in [2.75, 3.05) is 24.7 Å². The molecule has 1 saturated heterocycles. The number of rotatable bonds is 8. The number of sulfonamides is 1. The van der Waals surface area contributed by atoms with Gasteiger partial charge >= 0.3 is 6.03 Å². The lowest BCUT2D eigenvalue weighted by molar-refractivity contribution is 0.193. The quantitative estimate of drug-likeness (QED) is 0.346. The first kappa shape index (κ1) is 22.4. The second kappa shape index (κ2) is 10.2. The summed E-state index contributed by atoms with van der Waals surface area (Å²) in [4.78, 5) is 12.4. The van der Waals surface area contributed by atoms with E-state index in [1.54, 1.807) is 0 Å². The molecule has 3 atom stereocenters. The Labute approximate surface area is 177 Å². The Morgan fingerprint density at radius 1 is 1.10 bits per heavy atom. The third-order valence-corrected chi connectivity index (χ3v) is 5.53. The molecule has 9 nitrogen and oxygen atoms in total. The molecule has 0 spiro atoms. The van der Waals surface area contributed by atoms with Crippen LogP contribution in [0, 0.1) is 0 Å². The smallest absolute Gasteiger partial charge is 0.310 e. The Balaban J connectivity index is 1.45. The summed E-state index contributed by atoms with van der Waals surface area (Å²) in [6, 6.07) is 13.7. The highest BCUT2D eigenvalue weighted by molar-refractivity contribution is 7.88. The van der Waals surface area contributed by atoms with Gasteiger partial charge in [-0.15, -0.1) is 0 Å². The predicted molar refractivity (Wildman–Crippen MR) is 119 cm³/mol. The standard InChI is InChI=1S/C20H30N6O3S/c1-14-12-18(21-10-5-11-22-30(2,28)29)25-19(23-14)26-20(27)24-17-9-8-15-6-3-4-7-16(15)13-17/h3-4,6-9,13-14,18-19,21-23,25H,5,10-12H2,1-2H3,(H2,24,26,27). The number of urea groups is 1. The topological polar surface area (TPSA) is 123 Å². The van der Waals surface area contributed by atoms with Crippen LogP contribution in [0.4, 0.5) is 10.5 Å². The summed E-state index contributed by atoms with van der Waals surface area (Å²) < 4.78 is 24.6. The van der Waals surface area contributed by atoms with Crippen LogP contribution in [0.1, 0.15) is 19.8 Å². The second-order valence-electron chi connectivity index (χ2n) is 7.59. The number of hydrogen-bond donors (Lipinski definition) is 6. The molecule has 30 heavy (non-hydrogen) atoms. The van der Waals surface area contributed by atoms with Crippen molar-refractivity contribution in [2.45, 2.75) is 38.3 Å². The number of hydrogen-bond acceptors (Lipinski definition) is 6. The highest BCUT2D eigenvalue weighted by Crippen LogP contribution is 2.18. The van der Waals surface area contributed by atoms with Crippen LogP contribution >= 0.6 is 0 Å². The molecule has 0 bridgehead atoms. The summed E-state index contributed by atoms with van der Waals surface area (Å²) in [5, 5.41) is 17.9. The molecule has 1 aliphatic rings. The van der Waals surface area contributed by atoms with Crippen LogP contribution in [0.3, 0.4) is 0 Å². The number of carbonyl (C=O) groups is 1. The minimum Gasteiger partial charge on any atom is -0.310 e. The molecule has 6 N–H and O–H groups in total. The van der Waals surface area contributed by atoms with Crippen molar-refractivity contribution in [3.63, 3.8) is 0 Å². The van der Waals surface area contributed by atoms with Gasteiger partial charge in [-0.3, -0.25) is 10.6 Å². The van der Waals surface area contributed by atoms with Crippen LogP contribution < -0.4 is 31.3 Å². The Bertz CT molecular complexity index is 968. The van der Waals surface area contributed by atoms with Crippen molar-refractivity contribution >= 4 is 32.5 Å². The van der Waals surface area contributed by atoms with Gasteiger partial charge in [0.25, 0.3) is 0 Å². The van der Waals surface area contributed by atoms with Gasteiger partial charge in [-0.05, 0) is 49.2 Å². The second-order valence-corrected chi connectivity index (χ2v) is 9.42. The van der Waals surface area contributed by atoms with Gasteiger partial charge < -0.3 is 16.0 Å². The zero-order valence-electron chi connectivity index (χ0n) is 17.2. The first-order chi connectivity index (χ1) is 14.3. The van der Waals surface area contributed by atoms with Gasteiger partial charge in [-0.25, -0.2) is 17.9 Å². The summed E-state index contributed by atoms with van der Waals surface area (Å²) in [5.74, 6) is 0. The average Bonchev–Trinajstić information content (AvgIpc) is 2.66. The normalized spacial score (nSPS) is 22.0. The minimum absolute atomic E-state index is 0.00505. The maximum absolute atomic E-state index is 12.4. The summed E-state index contributed by atoms with van der Waals surface area (Å²) in [7, 11) is -3.16. The first-order valence-electron chi connectivity index (χ1n) is 10.0. The van der Waals surface area contributed by atoms with Gasteiger partial charge in [0.15, 0.2) is 0 Å². The van der Waals surface area contributed by atoms with Crippen molar-refractivity contribution in [3.8, 4) is 0 Å². The molecule has 164 valence electrons. The SMILES string of the molecule is CC1CC(NCCCNS(C)(=O)=O)NC(NC(=O)Nc2ccc3ccccc3c2)N1. The van der Waals surface area contributed by atoms with E-state index in [4.69, 9.17) is 0 Å². The molecule has 0 radical (unpaired) electrons. The van der Waals surface area contributed by atoms with Gasteiger partial charge in [0.2, 0.25) is 10.0 Å². The van der Waals surface area contributed by atoms with Gasteiger partial charge in [0.05, 0.1) is 12.4 Å². The Kier molecular flexibility index (Phi) is 7.62. The van der Waals surface area contributed by atoms with Crippen LogP contribution in [-0.4, -0.2) is 52.3 Å². The van der Waals surface area contributed by atoms with Crippen LogP contribution in [0.5, 0.6) is 0 Å². The monoisotopic (exact) mass is 434 g/mol. The minimum atomic E-state index is -3.16. The van der Waals surface area contributed by atoms with Gasteiger partial charge in [-0.2, -0.15) is 0 Å². The van der Waals surface area contributed by atoms with Gasteiger partial charge in [0, 0.05) is 18.3 Å². The highest BCUT2D eigenvalue weighted by Gasteiger charge is 2.25. The molecular formula is C20H30N6O3S. The number of anilines is 1. The molecule has 0 aromatic heterocycles. The number of carbonyl (C=O) groups excluding carboxylic acids is 1. The first-order valence-corrected chi connectivity index (χ1v) is 11.9. The van der Waals surface area contributed by atoms with Crippen molar-refractivity contribution in [1.29, 1.82) is 0 Å². The zero-order chi connectivity index (χ0) is 21.6. The molecule has 2 aromatic carbocycles. The van der Waals surface area contributed by atoms with Gasteiger partial charge in [0.1, 0.15) is 6.29 Å². The molecule has 10 heteroatoms. The van der Waals surface area contributed by atoms with E-state index in [-0.39, 0.29) is 24.5 Å². The van der Waals surface area contributed by atoms with Crippen LogP contribution in [0.2, 0.25) is 0 Å². The molecule has 1 fully saturated rings. The number of fused-ring (bicyclic) bond motifs is 1. The fraction of sp³-hybridized carbons (Fsp3) is 0.450. The van der Waals surface area contributed by atoms with E-state index in [2.05, 4.69) is 38.2 Å². The van der Waals surface area contributed by atoms with E-state index in [0.29, 0.717) is 19.5 Å². The predicted octanol–water partition coefficient (Wildman–Crippen LogP) is 1.07.